The van der Waals surface area contributed by atoms with Crippen LogP contribution < -0.4 is 5.32 Å². The molecule has 3 nitrogen and oxygen atoms in total. The molecule has 18 heavy (non-hydrogen) atoms. The van der Waals surface area contributed by atoms with Gasteiger partial charge in [-0.1, -0.05) is 19.9 Å². The minimum atomic E-state index is 0.861. The Balaban J connectivity index is 2.45. The van der Waals surface area contributed by atoms with E-state index in [0.29, 0.717) is 0 Å². The molecule has 2 aromatic heterocycles. The molecule has 1 N–H and O–H groups in total. The van der Waals surface area contributed by atoms with Crippen LogP contribution in [0.3, 0.4) is 0 Å². The zero-order chi connectivity index (χ0) is 13.0. The Hall–Kier alpha value is -1.42. The molecule has 0 aliphatic rings. The van der Waals surface area contributed by atoms with Crippen LogP contribution in [0.4, 0.5) is 5.82 Å². The van der Waals surface area contributed by atoms with Crippen LogP contribution >= 0.6 is 11.3 Å². The lowest BCUT2D eigenvalue weighted by Crippen LogP contribution is -2.08. The van der Waals surface area contributed by atoms with Crippen molar-refractivity contribution in [2.24, 2.45) is 0 Å². The molecular formula is C14H19N3S. The molecule has 2 heterocycles. The third-order valence-electron chi connectivity index (χ3n) is 2.81. The Bertz CT molecular complexity index is 506. The Morgan fingerprint density at radius 1 is 1.28 bits per heavy atom. The topological polar surface area (TPSA) is 37.8 Å². The second-order valence-corrected chi connectivity index (χ2v) is 5.17. The summed E-state index contributed by atoms with van der Waals surface area (Å²) >= 11 is 1.72. The molecule has 0 saturated heterocycles. The number of nitrogens with one attached hydrogen (secondary N) is 1. The number of aromatic nitrogens is 2. The number of nitrogens with zero attached hydrogens (tertiary/aromatic N) is 2. The first-order valence-corrected chi connectivity index (χ1v) is 7.29. The third kappa shape index (κ3) is 2.70. The van der Waals surface area contributed by atoms with Gasteiger partial charge in [-0.15, -0.1) is 11.3 Å². The molecule has 0 spiro atoms. The van der Waals surface area contributed by atoms with E-state index in [-0.39, 0.29) is 0 Å². The van der Waals surface area contributed by atoms with E-state index in [2.05, 4.69) is 53.6 Å². The van der Waals surface area contributed by atoms with Crippen molar-refractivity contribution in [2.75, 3.05) is 11.9 Å². The summed E-state index contributed by atoms with van der Waals surface area (Å²) < 4.78 is 0. The summed E-state index contributed by atoms with van der Waals surface area (Å²) in [7, 11) is 0. The SMILES string of the molecule is CCCNc1nc(CC)nc(-c2cccs2)c1C. The minimum absolute atomic E-state index is 0.861. The molecule has 0 aliphatic heterocycles. The standard InChI is InChI=1S/C14H19N3S/c1-4-8-15-14-10(3)13(11-7-6-9-18-11)16-12(5-2)17-14/h6-7,9H,4-5,8H2,1-3H3,(H,15,16,17). The molecule has 0 unspecified atom stereocenters. The van der Waals surface area contributed by atoms with Gasteiger partial charge < -0.3 is 5.32 Å². The van der Waals surface area contributed by atoms with Gasteiger partial charge in [0.1, 0.15) is 11.6 Å². The maximum Gasteiger partial charge on any atom is 0.133 e. The Morgan fingerprint density at radius 3 is 2.72 bits per heavy atom. The van der Waals surface area contributed by atoms with Crippen LogP contribution in [-0.4, -0.2) is 16.5 Å². The second-order valence-electron chi connectivity index (χ2n) is 4.22. The third-order valence-corrected chi connectivity index (χ3v) is 3.68. The minimum Gasteiger partial charge on any atom is -0.370 e. The number of hydrogen-bond donors (Lipinski definition) is 1. The van der Waals surface area contributed by atoms with E-state index in [9.17, 15) is 0 Å². The average molecular weight is 261 g/mol. The van der Waals surface area contributed by atoms with Gasteiger partial charge in [0, 0.05) is 18.5 Å². The van der Waals surface area contributed by atoms with Gasteiger partial charge in [-0.05, 0) is 24.8 Å². The quantitative estimate of drug-likeness (QED) is 0.887. The number of aryl methyl sites for hydroxylation is 1. The largest absolute Gasteiger partial charge is 0.370 e. The highest BCUT2D eigenvalue weighted by Gasteiger charge is 2.12. The van der Waals surface area contributed by atoms with Crippen molar-refractivity contribution >= 4 is 17.2 Å². The molecule has 0 amide bonds. The fraction of sp³-hybridized carbons (Fsp3) is 0.429. The van der Waals surface area contributed by atoms with Gasteiger partial charge in [0.15, 0.2) is 0 Å². The van der Waals surface area contributed by atoms with Crippen molar-refractivity contribution in [1.82, 2.24) is 9.97 Å². The number of anilines is 1. The summed E-state index contributed by atoms with van der Waals surface area (Å²) in [6, 6.07) is 4.18. The monoisotopic (exact) mass is 261 g/mol. The molecule has 0 radical (unpaired) electrons. The molecule has 2 rings (SSSR count). The van der Waals surface area contributed by atoms with Crippen LogP contribution in [0.25, 0.3) is 10.6 Å². The summed E-state index contributed by atoms with van der Waals surface area (Å²) in [4.78, 5) is 10.5. The highest BCUT2D eigenvalue weighted by molar-refractivity contribution is 7.13. The first-order chi connectivity index (χ1) is 8.76. The predicted molar refractivity (Wildman–Crippen MR) is 78.2 cm³/mol. The Labute approximate surface area is 112 Å². The van der Waals surface area contributed by atoms with Crippen LogP contribution in [0.5, 0.6) is 0 Å². The van der Waals surface area contributed by atoms with Gasteiger partial charge in [0.05, 0.1) is 10.6 Å². The zero-order valence-electron chi connectivity index (χ0n) is 11.2. The average Bonchev–Trinajstić information content (AvgIpc) is 2.91. The van der Waals surface area contributed by atoms with Crippen LogP contribution in [0.1, 0.15) is 31.7 Å². The van der Waals surface area contributed by atoms with Gasteiger partial charge in [0.25, 0.3) is 0 Å². The van der Waals surface area contributed by atoms with E-state index in [1.165, 1.54) is 4.88 Å². The zero-order valence-corrected chi connectivity index (χ0v) is 12.0. The molecule has 0 aromatic carbocycles. The van der Waals surface area contributed by atoms with Crippen molar-refractivity contribution in [3.63, 3.8) is 0 Å². The second kappa shape index (κ2) is 5.96. The van der Waals surface area contributed by atoms with Crippen molar-refractivity contribution in [1.29, 1.82) is 0 Å². The lowest BCUT2D eigenvalue weighted by molar-refractivity contribution is 0.911. The fourth-order valence-corrected chi connectivity index (χ4v) is 2.56. The van der Waals surface area contributed by atoms with Crippen molar-refractivity contribution in [3.05, 3.63) is 28.9 Å². The van der Waals surface area contributed by atoms with Crippen molar-refractivity contribution in [3.8, 4) is 10.6 Å². The summed E-state index contributed by atoms with van der Waals surface area (Å²) in [5.74, 6) is 1.88. The number of thiophene rings is 1. The molecule has 96 valence electrons. The van der Waals surface area contributed by atoms with E-state index < -0.39 is 0 Å². The lowest BCUT2D eigenvalue weighted by Gasteiger charge is -2.12. The van der Waals surface area contributed by atoms with E-state index in [1.807, 2.05) is 0 Å². The normalized spacial score (nSPS) is 10.6. The highest BCUT2D eigenvalue weighted by Crippen LogP contribution is 2.29. The number of rotatable bonds is 5. The van der Waals surface area contributed by atoms with E-state index in [1.54, 1.807) is 11.3 Å². The Morgan fingerprint density at radius 2 is 2.11 bits per heavy atom. The van der Waals surface area contributed by atoms with Gasteiger partial charge >= 0.3 is 0 Å². The van der Waals surface area contributed by atoms with Crippen molar-refractivity contribution in [2.45, 2.75) is 33.6 Å². The van der Waals surface area contributed by atoms with E-state index in [0.717, 1.165) is 42.3 Å². The summed E-state index contributed by atoms with van der Waals surface area (Å²) in [5, 5.41) is 5.48. The first kappa shape index (κ1) is 13.0. The van der Waals surface area contributed by atoms with E-state index in [4.69, 9.17) is 0 Å². The van der Waals surface area contributed by atoms with Crippen molar-refractivity contribution < 1.29 is 0 Å². The maximum absolute atomic E-state index is 4.66. The Kier molecular flexibility index (Phi) is 4.31. The van der Waals surface area contributed by atoms with Crippen LogP contribution in [-0.2, 0) is 6.42 Å². The van der Waals surface area contributed by atoms with Gasteiger partial charge in [0.2, 0.25) is 0 Å². The molecule has 0 atom stereocenters. The van der Waals surface area contributed by atoms with Gasteiger partial charge in [-0.2, -0.15) is 0 Å². The molecule has 0 fully saturated rings. The highest BCUT2D eigenvalue weighted by atomic mass is 32.1. The molecule has 2 aromatic rings. The molecule has 0 aliphatic carbocycles. The number of hydrogen-bond acceptors (Lipinski definition) is 4. The maximum atomic E-state index is 4.66. The summed E-state index contributed by atoms with van der Waals surface area (Å²) in [5.41, 5.74) is 2.21. The van der Waals surface area contributed by atoms with Crippen LogP contribution in [0, 0.1) is 6.92 Å². The van der Waals surface area contributed by atoms with Gasteiger partial charge in [-0.25, -0.2) is 9.97 Å². The fourth-order valence-electron chi connectivity index (χ4n) is 1.79. The van der Waals surface area contributed by atoms with Gasteiger partial charge in [-0.3, -0.25) is 0 Å². The first-order valence-electron chi connectivity index (χ1n) is 6.41. The van der Waals surface area contributed by atoms with Crippen LogP contribution in [0.15, 0.2) is 17.5 Å². The molecule has 4 heteroatoms. The predicted octanol–water partition coefficient (Wildman–Crippen LogP) is 3.90. The van der Waals surface area contributed by atoms with Crippen LogP contribution in [0.2, 0.25) is 0 Å². The molecule has 0 saturated carbocycles. The molecule has 0 bridgehead atoms. The van der Waals surface area contributed by atoms with E-state index >= 15 is 0 Å². The lowest BCUT2D eigenvalue weighted by atomic mass is 10.2. The summed E-state index contributed by atoms with van der Waals surface area (Å²) in [6.07, 6.45) is 1.96. The smallest absolute Gasteiger partial charge is 0.133 e. The molecular weight excluding hydrogens is 242 g/mol. The summed E-state index contributed by atoms with van der Waals surface area (Å²) in [6.45, 7) is 7.29.